The molecule has 5 nitrogen and oxygen atoms in total. The number of piperidine rings is 1. The van der Waals surface area contributed by atoms with Crippen molar-refractivity contribution in [2.24, 2.45) is 0 Å². The number of hydrogen-bond acceptors (Lipinski definition) is 3. The van der Waals surface area contributed by atoms with Crippen molar-refractivity contribution in [2.45, 2.75) is 43.9 Å². The molecular weight excluding hydrogens is 280 g/mol. The SMILES string of the molecule is O=C(OC1CC(c2ccccc2)CC[N]1)N1CCC[C@H]1CO. The highest BCUT2D eigenvalue weighted by Crippen LogP contribution is 2.29. The second-order valence-corrected chi connectivity index (χ2v) is 6.05. The van der Waals surface area contributed by atoms with Crippen LogP contribution in [0.4, 0.5) is 4.79 Å². The number of aliphatic hydroxyl groups excluding tert-OH is 1. The molecule has 1 amide bonds. The summed E-state index contributed by atoms with van der Waals surface area (Å²) in [4.78, 5) is 13.9. The Morgan fingerprint density at radius 2 is 2.14 bits per heavy atom. The molecule has 22 heavy (non-hydrogen) atoms. The van der Waals surface area contributed by atoms with Gasteiger partial charge in [0.25, 0.3) is 0 Å². The summed E-state index contributed by atoms with van der Waals surface area (Å²) in [5.41, 5.74) is 1.29. The molecule has 5 heteroatoms. The molecule has 2 heterocycles. The van der Waals surface area contributed by atoms with E-state index in [0.29, 0.717) is 12.5 Å². The van der Waals surface area contributed by atoms with Crippen LogP contribution in [0.15, 0.2) is 30.3 Å². The fraction of sp³-hybridized carbons (Fsp3) is 0.588. The molecular formula is C17H23N2O3. The first-order chi connectivity index (χ1) is 10.8. The van der Waals surface area contributed by atoms with Crippen LogP contribution in [-0.4, -0.2) is 48.1 Å². The van der Waals surface area contributed by atoms with E-state index in [1.807, 2.05) is 18.2 Å². The highest BCUT2D eigenvalue weighted by molar-refractivity contribution is 5.68. The van der Waals surface area contributed by atoms with E-state index in [-0.39, 0.29) is 25.0 Å². The summed E-state index contributed by atoms with van der Waals surface area (Å²) in [6, 6.07) is 10.2. The van der Waals surface area contributed by atoms with Crippen molar-refractivity contribution in [2.75, 3.05) is 19.7 Å². The largest absolute Gasteiger partial charge is 0.429 e. The molecule has 2 aliphatic rings. The van der Waals surface area contributed by atoms with Gasteiger partial charge in [0.15, 0.2) is 6.23 Å². The van der Waals surface area contributed by atoms with Gasteiger partial charge in [-0.1, -0.05) is 30.3 Å². The van der Waals surface area contributed by atoms with E-state index in [2.05, 4.69) is 17.4 Å². The number of benzene rings is 1. The summed E-state index contributed by atoms with van der Waals surface area (Å²) >= 11 is 0. The quantitative estimate of drug-likeness (QED) is 0.930. The predicted octanol–water partition coefficient (Wildman–Crippen LogP) is 2.09. The van der Waals surface area contributed by atoms with Crippen LogP contribution in [0.2, 0.25) is 0 Å². The van der Waals surface area contributed by atoms with Gasteiger partial charge in [0.1, 0.15) is 0 Å². The predicted molar refractivity (Wildman–Crippen MR) is 82.5 cm³/mol. The number of hydrogen-bond donors (Lipinski definition) is 1. The zero-order chi connectivity index (χ0) is 15.4. The smallest absolute Gasteiger partial charge is 0.411 e. The number of carbonyl (C=O) groups excluding carboxylic acids is 1. The van der Waals surface area contributed by atoms with E-state index in [1.165, 1.54) is 5.56 Å². The normalized spacial score (nSPS) is 28.6. The van der Waals surface area contributed by atoms with Crippen LogP contribution in [0, 0.1) is 0 Å². The number of amides is 1. The van der Waals surface area contributed by atoms with Crippen LogP contribution in [0.1, 0.15) is 37.2 Å². The van der Waals surface area contributed by atoms with Crippen LogP contribution >= 0.6 is 0 Å². The van der Waals surface area contributed by atoms with Crippen LogP contribution in [0.25, 0.3) is 0 Å². The third kappa shape index (κ3) is 3.42. The summed E-state index contributed by atoms with van der Waals surface area (Å²) in [6.45, 7) is 1.39. The molecule has 0 aliphatic carbocycles. The molecule has 0 aromatic heterocycles. The van der Waals surface area contributed by atoms with E-state index in [4.69, 9.17) is 4.74 Å². The average Bonchev–Trinajstić information content (AvgIpc) is 3.05. The van der Waals surface area contributed by atoms with Crippen LogP contribution < -0.4 is 5.32 Å². The fourth-order valence-electron chi connectivity index (χ4n) is 3.37. The zero-order valence-electron chi connectivity index (χ0n) is 12.7. The maximum absolute atomic E-state index is 12.3. The lowest BCUT2D eigenvalue weighted by Crippen LogP contribution is -2.43. The molecule has 2 fully saturated rings. The van der Waals surface area contributed by atoms with Crippen molar-refractivity contribution in [3.63, 3.8) is 0 Å². The lowest BCUT2D eigenvalue weighted by molar-refractivity contribution is 0.0207. The topological polar surface area (TPSA) is 63.9 Å². The van der Waals surface area contributed by atoms with Gasteiger partial charge in [-0.2, -0.15) is 0 Å². The third-order valence-electron chi connectivity index (χ3n) is 4.63. The number of aliphatic hydroxyl groups is 1. The Bertz CT molecular complexity index is 494. The minimum Gasteiger partial charge on any atom is -0.429 e. The van der Waals surface area contributed by atoms with Gasteiger partial charge in [0, 0.05) is 19.5 Å². The molecule has 2 saturated heterocycles. The zero-order valence-corrected chi connectivity index (χ0v) is 12.7. The van der Waals surface area contributed by atoms with Crippen molar-refractivity contribution < 1.29 is 14.6 Å². The van der Waals surface area contributed by atoms with Crippen molar-refractivity contribution >= 4 is 6.09 Å². The number of ether oxygens (including phenoxy) is 1. The molecule has 3 rings (SSSR count). The monoisotopic (exact) mass is 303 g/mol. The maximum atomic E-state index is 12.3. The molecule has 1 aromatic rings. The van der Waals surface area contributed by atoms with Gasteiger partial charge in [0.05, 0.1) is 12.6 Å². The Morgan fingerprint density at radius 3 is 2.91 bits per heavy atom. The molecule has 0 spiro atoms. The Morgan fingerprint density at radius 1 is 1.32 bits per heavy atom. The molecule has 2 unspecified atom stereocenters. The van der Waals surface area contributed by atoms with Gasteiger partial charge in [0.2, 0.25) is 0 Å². The average molecular weight is 303 g/mol. The molecule has 2 aliphatic heterocycles. The van der Waals surface area contributed by atoms with E-state index >= 15 is 0 Å². The molecule has 0 bridgehead atoms. The Labute approximate surface area is 131 Å². The van der Waals surface area contributed by atoms with Crippen molar-refractivity contribution in [3.8, 4) is 0 Å². The molecule has 1 aromatic carbocycles. The van der Waals surface area contributed by atoms with Gasteiger partial charge >= 0.3 is 6.09 Å². The molecule has 119 valence electrons. The number of likely N-dealkylation sites (tertiary alicyclic amines) is 1. The maximum Gasteiger partial charge on any atom is 0.411 e. The molecule has 1 N–H and O–H groups in total. The van der Waals surface area contributed by atoms with Crippen molar-refractivity contribution in [3.05, 3.63) is 35.9 Å². The molecule has 1 radical (unpaired) electrons. The van der Waals surface area contributed by atoms with Crippen LogP contribution in [0.3, 0.4) is 0 Å². The van der Waals surface area contributed by atoms with Crippen LogP contribution in [0.5, 0.6) is 0 Å². The van der Waals surface area contributed by atoms with Crippen molar-refractivity contribution in [1.29, 1.82) is 0 Å². The number of carbonyl (C=O) groups is 1. The van der Waals surface area contributed by atoms with Crippen LogP contribution in [-0.2, 0) is 4.74 Å². The van der Waals surface area contributed by atoms with Crippen molar-refractivity contribution in [1.82, 2.24) is 10.2 Å². The highest BCUT2D eigenvalue weighted by Gasteiger charge is 2.33. The van der Waals surface area contributed by atoms with E-state index < -0.39 is 0 Å². The summed E-state index contributed by atoms with van der Waals surface area (Å²) < 4.78 is 5.57. The standard InChI is InChI=1S/C17H23N2O3/c20-12-15-7-4-10-19(15)17(21)22-16-11-14(8-9-18-16)13-5-2-1-3-6-13/h1-3,5-6,14-16,20H,4,7-12H2/t14?,15-,16?/m0/s1. The second-order valence-electron chi connectivity index (χ2n) is 6.05. The van der Waals surface area contributed by atoms with E-state index in [9.17, 15) is 9.90 Å². The van der Waals surface area contributed by atoms with E-state index in [1.54, 1.807) is 4.90 Å². The Balaban J connectivity index is 1.57. The third-order valence-corrected chi connectivity index (χ3v) is 4.63. The lowest BCUT2D eigenvalue weighted by Gasteiger charge is -2.31. The molecule has 3 atom stereocenters. The molecule has 0 saturated carbocycles. The van der Waals surface area contributed by atoms with E-state index in [0.717, 1.165) is 32.2 Å². The summed E-state index contributed by atoms with van der Waals surface area (Å²) in [6.07, 6.45) is 2.81. The minimum absolute atomic E-state index is 0.00352. The summed E-state index contributed by atoms with van der Waals surface area (Å²) in [5.74, 6) is 0.392. The van der Waals surface area contributed by atoms with Gasteiger partial charge in [-0.15, -0.1) is 0 Å². The lowest BCUT2D eigenvalue weighted by atomic mass is 9.89. The highest BCUT2D eigenvalue weighted by atomic mass is 16.6. The fourth-order valence-corrected chi connectivity index (χ4v) is 3.37. The van der Waals surface area contributed by atoms with Gasteiger partial charge < -0.3 is 14.7 Å². The summed E-state index contributed by atoms with van der Waals surface area (Å²) in [5, 5.41) is 13.7. The first-order valence-corrected chi connectivity index (χ1v) is 8.07. The first kappa shape index (κ1) is 15.3. The number of nitrogens with zero attached hydrogens (tertiary/aromatic N) is 2. The first-order valence-electron chi connectivity index (χ1n) is 8.07. The van der Waals surface area contributed by atoms with Gasteiger partial charge in [-0.25, -0.2) is 10.1 Å². The minimum atomic E-state index is -0.369. The van der Waals surface area contributed by atoms with Gasteiger partial charge in [-0.05, 0) is 30.7 Å². The van der Waals surface area contributed by atoms with Gasteiger partial charge in [-0.3, -0.25) is 0 Å². The Kier molecular flexibility index (Phi) is 4.95. The summed E-state index contributed by atoms with van der Waals surface area (Å²) in [7, 11) is 0. The Hall–Kier alpha value is -1.59. The number of rotatable bonds is 3. The second kappa shape index (κ2) is 7.11.